The van der Waals surface area contributed by atoms with Crippen molar-refractivity contribution in [3.8, 4) is 6.07 Å². The maximum Gasteiger partial charge on any atom is 0.408 e. The number of amides is 1. The number of hydrogen-bond acceptors (Lipinski definition) is 4. The largest absolute Gasteiger partial charge is 0.445 e. The fourth-order valence-corrected chi connectivity index (χ4v) is 2.68. The van der Waals surface area contributed by atoms with Gasteiger partial charge in [-0.2, -0.15) is 10.4 Å². The summed E-state index contributed by atoms with van der Waals surface area (Å²) in [7, 11) is 1.85. The van der Waals surface area contributed by atoms with Crippen molar-refractivity contribution in [1.82, 2.24) is 15.1 Å². The van der Waals surface area contributed by atoms with Crippen LogP contribution in [0.25, 0.3) is 0 Å². The van der Waals surface area contributed by atoms with Gasteiger partial charge in [-0.15, -0.1) is 0 Å². The minimum atomic E-state index is -0.775. The van der Waals surface area contributed by atoms with Gasteiger partial charge in [0.1, 0.15) is 12.6 Å². The monoisotopic (exact) mass is 326 g/mol. The second-order valence-electron chi connectivity index (χ2n) is 5.59. The molecule has 0 spiro atoms. The Morgan fingerprint density at radius 2 is 2.12 bits per heavy atom. The summed E-state index contributed by atoms with van der Waals surface area (Å²) in [6.45, 7) is 4.07. The molecule has 0 aliphatic carbocycles. The SMILES string of the molecule is CCCc1c(C(C#N)NC(=O)OCc2ccccc2)c(C)nn1C. The van der Waals surface area contributed by atoms with E-state index in [9.17, 15) is 10.1 Å². The molecule has 2 aromatic rings. The van der Waals surface area contributed by atoms with E-state index in [4.69, 9.17) is 4.74 Å². The number of aryl methyl sites for hydroxylation is 2. The van der Waals surface area contributed by atoms with Crippen molar-refractivity contribution in [3.05, 3.63) is 52.8 Å². The average molecular weight is 326 g/mol. The zero-order valence-corrected chi connectivity index (χ0v) is 14.2. The second kappa shape index (κ2) is 8.16. The van der Waals surface area contributed by atoms with Crippen LogP contribution in [-0.4, -0.2) is 15.9 Å². The lowest BCUT2D eigenvalue weighted by molar-refractivity contribution is 0.137. The Bertz CT molecular complexity index is 731. The third-order valence-corrected chi connectivity index (χ3v) is 3.77. The van der Waals surface area contributed by atoms with Crippen molar-refractivity contribution in [2.24, 2.45) is 7.05 Å². The number of carbonyl (C=O) groups excluding carboxylic acids is 1. The van der Waals surface area contributed by atoms with Crippen LogP contribution < -0.4 is 5.32 Å². The number of ether oxygens (including phenoxy) is 1. The van der Waals surface area contributed by atoms with Crippen LogP contribution >= 0.6 is 0 Å². The summed E-state index contributed by atoms with van der Waals surface area (Å²) in [5.41, 5.74) is 3.37. The maximum absolute atomic E-state index is 12.0. The quantitative estimate of drug-likeness (QED) is 0.884. The minimum Gasteiger partial charge on any atom is -0.445 e. The third kappa shape index (κ3) is 4.13. The number of nitrogens with zero attached hydrogens (tertiary/aromatic N) is 3. The van der Waals surface area contributed by atoms with E-state index in [-0.39, 0.29) is 6.61 Å². The predicted octanol–water partition coefficient (Wildman–Crippen LogP) is 3.17. The zero-order valence-electron chi connectivity index (χ0n) is 14.2. The average Bonchev–Trinajstić information content (AvgIpc) is 2.86. The summed E-state index contributed by atoms with van der Waals surface area (Å²) in [5.74, 6) is 0. The second-order valence-corrected chi connectivity index (χ2v) is 5.59. The highest BCUT2D eigenvalue weighted by atomic mass is 16.5. The Morgan fingerprint density at radius 1 is 1.42 bits per heavy atom. The number of alkyl carbamates (subject to hydrolysis) is 1. The Labute approximate surface area is 142 Å². The van der Waals surface area contributed by atoms with Crippen LogP contribution in [0.3, 0.4) is 0 Å². The van der Waals surface area contributed by atoms with Crippen LogP contribution in [0.15, 0.2) is 30.3 Å². The normalized spacial score (nSPS) is 11.6. The van der Waals surface area contributed by atoms with Gasteiger partial charge in [-0.25, -0.2) is 4.79 Å². The van der Waals surface area contributed by atoms with Crippen LogP contribution in [0.5, 0.6) is 0 Å². The zero-order chi connectivity index (χ0) is 17.5. The number of hydrogen-bond donors (Lipinski definition) is 1. The van der Waals surface area contributed by atoms with Gasteiger partial charge in [0.15, 0.2) is 0 Å². The smallest absolute Gasteiger partial charge is 0.408 e. The van der Waals surface area contributed by atoms with Crippen molar-refractivity contribution in [3.63, 3.8) is 0 Å². The van der Waals surface area contributed by atoms with Crippen LogP contribution in [-0.2, 0) is 24.8 Å². The number of nitrogens with one attached hydrogen (secondary N) is 1. The highest BCUT2D eigenvalue weighted by Crippen LogP contribution is 2.23. The first-order chi connectivity index (χ1) is 11.6. The first kappa shape index (κ1) is 17.5. The maximum atomic E-state index is 12.0. The Kier molecular flexibility index (Phi) is 5.96. The number of rotatable bonds is 6. The molecule has 0 aliphatic rings. The topological polar surface area (TPSA) is 79.9 Å². The summed E-state index contributed by atoms with van der Waals surface area (Å²) in [5, 5.41) is 16.5. The highest BCUT2D eigenvalue weighted by Gasteiger charge is 2.23. The molecule has 0 aliphatic heterocycles. The van der Waals surface area contributed by atoms with Crippen molar-refractivity contribution >= 4 is 6.09 Å². The molecule has 1 N–H and O–H groups in total. The molecule has 1 aromatic carbocycles. The van der Waals surface area contributed by atoms with Crippen LogP contribution in [0.4, 0.5) is 4.79 Å². The van der Waals surface area contributed by atoms with Gasteiger partial charge in [0.05, 0.1) is 11.8 Å². The molecule has 2 rings (SSSR count). The first-order valence-electron chi connectivity index (χ1n) is 7.96. The van der Waals surface area contributed by atoms with E-state index in [0.717, 1.165) is 35.4 Å². The Hall–Kier alpha value is -2.81. The molecular weight excluding hydrogens is 304 g/mol. The van der Waals surface area contributed by atoms with Crippen LogP contribution in [0, 0.1) is 18.3 Å². The fraction of sp³-hybridized carbons (Fsp3) is 0.389. The van der Waals surface area contributed by atoms with E-state index < -0.39 is 12.1 Å². The molecule has 0 fully saturated rings. The van der Waals surface area contributed by atoms with Gasteiger partial charge in [-0.1, -0.05) is 43.7 Å². The molecular formula is C18H22N4O2. The molecule has 0 radical (unpaired) electrons. The molecule has 6 heteroatoms. The molecule has 0 saturated carbocycles. The lowest BCUT2D eigenvalue weighted by Gasteiger charge is -2.14. The fourth-order valence-electron chi connectivity index (χ4n) is 2.68. The summed E-state index contributed by atoms with van der Waals surface area (Å²) < 4.78 is 6.97. The highest BCUT2D eigenvalue weighted by molar-refractivity contribution is 5.68. The van der Waals surface area contributed by atoms with E-state index in [0.29, 0.717) is 0 Å². The molecule has 24 heavy (non-hydrogen) atoms. The molecule has 126 valence electrons. The molecule has 1 aromatic heterocycles. The molecule has 1 heterocycles. The van der Waals surface area contributed by atoms with Crippen LogP contribution in [0.1, 0.15) is 41.9 Å². The van der Waals surface area contributed by atoms with Crippen LogP contribution in [0.2, 0.25) is 0 Å². The van der Waals surface area contributed by atoms with E-state index in [1.165, 1.54) is 0 Å². The van der Waals surface area contributed by atoms with Gasteiger partial charge in [-0.3, -0.25) is 4.68 Å². The number of carbonyl (C=O) groups is 1. The summed E-state index contributed by atoms with van der Waals surface area (Å²) in [6, 6.07) is 10.8. The van der Waals surface area contributed by atoms with Gasteiger partial charge >= 0.3 is 6.09 Å². The Balaban J connectivity index is 2.07. The van der Waals surface area contributed by atoms with Gasteiger partial charge in [-0.05, 0) is 18.9 Å². The van der Waals surface area contributed by atoms with Crippen molar-refractivity contribution in [1.29, 1.82) is 5.26 Å². The standard InChI is InChI=1S/C18H22N4O2/c1-4-8-16-17(13(2)21-22(16)3)15(11-19)20-18(23)24-12-14-9-6-5-7-10-14/h5-7,9-10,15H,4,8,12H2,1-3H3,(H,20,23). The van der Waals surface area contributed by atoms with E-state index in [1.54, 1.807) is 4.68 Å². The van der Waals surface area contributed by atoms with Crippen molar-refractivity contribution in [2.75, 3.05) is 0 Å². The Morgan fingerprint density at radius 3 is 2.75 bits per heavy atom. The van der Waals surface area contributed by atoms with E-state index in [1.807, 2.05) is 44.3 Å². The summed E-state index contributed by atoms with van der Waals surface area (Å²) in [6.07, 6.45) is 1.12. The lowest BCUT2D eigenvalue weighted by atomic mass is 10.0. The number of nitriles is 1. The predicted molar refractivity (Wildman–Crippen MR) is 90.1 cm³/mol. The lowest BCUT2D eigenvalue weighted by Crippen LogP contribution is -2.29. The minimum absolute atomic E-state index is 0.165. The molecule has 6 nitrogen and oxygen atoms in total. The first-order valence-corrected chi connectivity index (χ1v) is 7.96. The van der Waals surface area contributed by atoms with Gasteiger partial charge in [0.2, 0.25) is 0 Å². The van der Waals surface area contributed by atoms with Crippen molar-refractivity contribution in [2.45, 2.75) is 39.3 Å². The van der Waals surface area contributed by atoms with Crippen molar-refractivity contribution < 1.29 is 9.53 Å². The summed E-state index contributed by atoms with van der Waals surface area (Å²) >= 11 is 0. The molecule has 1 amide bonds. The van der Waals surface area contributed by atoms with Gasteiger partial charge < -0.3 is 10.1 Å². The third-order valence-electron chi connectivity index (χ3n) is 3.77. The van der Waals surface area contributed by atoms with E-state index in [2.05, 4.69) is 23.4 Å². The van der Waals surface area contributed by atoms with Gasteiger partial charge in [0.25, 0.3) is 0 Å². The number of benzene rings is 1. The molecule has 0 bridgehead atoms. The molecule has 0 saturated heterocycles. The molecule has 1 atom stereocenters. The van der Waals surface area contributed by atoms with Gasteiger partial charge in [0, 0.05) is 18.3 Å². The molecule has 1 unspecified atom stereocenters. The number of aromatic nitrogens is 2. The van der Waals surface area contributed by atoms with E-state index >= 15 is 0 Å². The summed E-state index contributed by atoms with van der Waals surface area (Å²) in [4.78, 5) is 12.0.